The summed E-state index contributed by atoms with van der Waals surface area (Å²) in [7, 11) is -0.983. The molecule has 152 valence electrons. The summed E-state index contributed by atoms with van der Waals surface area (Å²) in [4.78, 5) is 16.8. The molecule has 0 aliphatic rings. The summed E-state index contributed by atoms with van der Waals surface area (Å²) < 4.78 is 37.6. The van der Waals surface area contributed by atoms with Gasteiger partial charge in [-0.1, -0.05) is 18.2 Å². The van der Waals surface area contributed by atoms with E-state index in [4.69, 9.17) is 9.47 Å². The summed E-state index contributed by atoms with van der Waals surface area (Å²) in [6, 6.07) is 12.8. The molecule has 0 saturated heterocycles. The van der Waals surface area contributed by atoms with Crippen LogP contribution in [0, 0.1) is 0 Å². The SMILES string of the molecule is COc1ccc(NC(=O)CN(c2nccs2)S(=O)(=O)c2ccccc2)c(OC)c1. The quantitative estimate of drug-likeness (QED) is 0.587. The van der Waals surface area contributed by atoms with Gasteiger partial charge < -0.3 is 14.8 Å². The molecule has 1 amide bonds. The predicted molar refractivity (Wildman–Crippen MR) is 111 cm³/mol. The minimum atomic E-state index is -3.97. The molecular formula is C19H19N3O5S2. The highest BCUT2D eigenvalue weighted by atomic mass is 32.2. The highest BCUT2D eigenvalue weighted by Gasteiger charge is 2.29. The van der Waals surface area contributed by atoms with Crippen LogP contribution in [0.15, 0.2) is 65.0 Å². The standard InChI is InChI=1S/C19H19N3O5S2/c1-26-14-8-9-16(17(12-14)27-2)21-18(23)13-22(19-20-10-11-28-19)29(24,25)15-6-4-3-5-7-15/h3-12H,13H2,1-2H3,(H,21,23). The average Bonchev–Trinajstić information content (AvgIpc) is 3.27. The van der Waals surface area contributed by atoms with Gasteiger partial charge in [0, 0.05) is 17.6 Å². The Hall–Kier alpha value is -3.11. The Morgan fingerprint density at radius 3 is 2.52 bits per heavy atom. The first kappa shape index (κ1) is 20.6. The third-order valence-electron chi connectivity index (χ3n) is 3.93. The zero-order valence-electron chi connectivity index (χ0n) is 15.7. The zero-order valence-corrected chi connectivity index (χ0v) is 17.4. The van der Waals surface area contributed by atoms with Crippen molar-refractivity contribution in [3.05, 3.63) is 60.1 Å². The van der Waals surface area contributed by atoms with Crippen molar-refractivity contribution in [2.45, 2.75) is 4.90 Å². The highest BCUT2D eigenvalue weighted by Crippen LogP contribution is 2.30. The van der Waals surface area contributed by atoms with E-state index in [0.29, 0.717) is 17.2 Å². The molecule has 29 heavy (non-hydrogen) atoms. The van der Waals surface area contributed by atoms with Crippen LogP contribution < -0.4 is 19.1 Å². The van der Waals surface area contributed by atoms with Crippen LogP contribution in [0.2, 0.25) is 0 Å². The van der Waals surface area contributed by atoms with Crippen LogP contribution >= 0.6 is 11.3 Å². The number of aromatic nitrogens is 1. The smallest absolute Gasteiger partial charge is 0.266 e. The molecule has 0 saturated carbocycles. The molecule has 3 aromatic rings. The third-order valence-corrected chi connectivity index (χ3v) is 6.59. The molecule has 0 aliphatic heterocycles. The molecular weight excluding hydrogens is 414 g/mol. The summed E-state index contributed by atoms with van der Waals surface area (Å²) in [5.41, 5.74) is 0.398. The maximum absolute atomic E-state index is 13.1. The van der Waals surface area contributed by atoms with Gasteiger partial charge in [0.25, 0.3) is 10.0 Å². The Morgan fingerprint density at radius 1 is 1.14 bits per heavy atom. The Kier molecular flexibility index (Phi) is 6.35. The van der Waals surface area contributed by atoms with E-state index in [0.717, 1.165) is 15.6 Å². The number of methoxy groups -OCH3 is 2. The number of hydrogen-bond acceptors (Lipinski definition) is 7. The Labute approximate surface area is 172 Å². The van der Waals surface area contributed by atoms with E-state index in [1.165, 1.54) is 32.5 Å². The number of benzene rings is 2. The molecule has 0 radical (unpaired) electrons. The minimum absolute atomic E-state index is 0.0741. The molecule has 8 nitrogen and oxygen atoms in total. The van der Waals surface area contributed by atoms with E-state index in [1.54, 1.807) is 41.8 Å². The third kappa shape index (κ3) is 4.66. The normalized spacial score (nSPS) is 11.0. The zero-order chi connectivity index (χ0) is 20.9. The lowest BCUT2D eigenvalue weighted by molar-refractivity contribution is -0.114. The maximum atomic E-state index is 13.1. The fourth-order valence-corrected chi connectivity index (χ4v) is 4.80. The number of anilines is 2. The second-order valence-corrected chi connectivity index (χ2v) is 8.49. The molecule has 0 aliphatic carbocycles. The van der Waals surface area contributed by atoms with Gasteiger partial charge in [-0.25, -0.2) is 17.7 Å². The fraction of sp³-hybridized carbons (Fsp3) is 0.158. The molecule has 0 spiro atoms. The van der Waals surface area contributed by atoms with Gasteiger partial charge in [-0.05, 0) is 24.3 Å². The van der Waals surface area contributed by atoms with E-state index in [9.17, 15) is 13.2 Å². The van der Waals surface area contributed by atoms with Crippen LogP contribution in [0.4, 0.5) is 10.8 Å². The highest BCUT2D eigenvalue weighted by molar-refractivity contribution is 7.93. The van der Waals surface area contributed by atoms with E-state index in [-0.39, 0.29) is 10.0 Å². The van der Waals surface area contributed by atoms with Crippen LogP contribution in [0.5, 0.6) is 11.5 Å². The minimum Gasteiger partial charge on any atom is -0.497 e. The van der Waals surface area contributed by atoms with Crippen molar-refractivity contribution >= 4 is 38.1 Å². The summed E-state index contributed by atoms with van der Waals surface area (Å²) in [5.74, 6) is 0.420. The molecule has 0 unspecified atom stereocenters. The second kappa shape index (κ2) is 8.93. The lowest BCUT2D eigenvalue weighted by Gasteiger charge is -2.21. The van der Waals surface area contributed by atoms with Crippen molar-refractivity contribution in [1.29, 1.82) is 0 Å². The number of ether oxygens (including phenoxy) is 2. The molecule has 1 heterocycles. The molecule has 10 heteroatoms. The molecule has 0 atom stereocenters. The van der Waals surface area contributed by atoms with Crippen molar-refractivity contribution < 1.29 is 22.7 Å². The van der Waals surface area contributed by atoms with Crippen molar-refractivity contribution in [2.24, 2.45) is 0 Å². The summed E-state index contributed by atoms with van der Waals surface area (Å²) in [6.07, 6.45) is 1.48. The number of hydrogen-bond donors (Lipinski definition) is 1. The molecule has 0 fully saturated rings. The van der Waals surface area contributed by atoms with Crippen LogP contribution in [-0.2, 0) is 14.8 Å². The number of rotatable bonds is 8. The van der Waals surface area contributed by atoms with Gasteiger partial charge in [-0.3, -0.25) is 4.79 Å². The van der Waals surface area contributed by atoms with E-state index in [1.807, 2.05) is 0 Å². The number of carbonyl (C=O) groups excluding carboxylic acids is 1. The second-order valence-electron chi connectivity index (χ2n) is 5.75. The average molecular weight is 434 g/mol. The van der Waals surface area contributed by atoms with Crippen LogP contribution in [0.25, 0.3) is 0 Å². The van der Waals surface area contributed by atoms with Crippen molar-refractivity contribution in [2.75, 3.05) is 30.4 Å². The summed E-state index contributed by atoms with van der Waals surface area (Å²) in [6.45, 7) is -0.445. The van der Waals surface area contributed by atoms with Crippen molar-refractivity contribution in [3.63, 3.8) is 0 Å². The number of nitrogens with one attached hydrogen (secondary N) is 1. The number of nitrogens with zero attached hydrogens (tertiary/aromatic N) is 2. The van der Waals surface area contributed by atoms with Crippen LogP contribution in [0.1, 0.15) is 0 Å². The van der Waals surface area contributed by atoms with Crippen LogP contribution in [-0.4, -0.2) is 40.1 Å². The number of sulfonamides is 1. The van der Waals surface area contributed by atoms with Gasteiger partial charge in [0.1, 0.15) is 18.0 Å². The lowest BCUT2D eigenvalue weighted by atomic mass is 10.2. The molecule has 3 rings (SSSR count). The van der Waals surface area contributed by atoms with E-state index >= 15 is 0 Å². The van der Waals surface area contributed by atoms with Crippen LogP contribution in [0.3, 0.4) is 0 Å². The maximum Gasteiger partial charge on any atom is 0.266 e. The Balaban J connectivity index is 1.87. The Morgan fingerprint density at radius 2 is 1.90 bits per heavy atom. The largest absolute Gasteiger partial charge is 0.497 e. The first-order valence-electron chi connectivity index (χ1n) is 8.45. The molecule has 1 aromatic heterocycles. The Bertz CT molecular complexity index is 1070. The van der Waals surface area contributed by atoms with Crippen molar-refractivity contribution in [3.8, 4) is 11.5 Å². The van der Waals surface area contributed by atoms with Gasteiger partial charge in [0.2, 0.25) is 5.91 Å². The van der Waals surface area contributed by atoms with E-state index < -0.39 is 22.5 Å². The van der Waals surface area contributed by atoms with Gasteiger partial charge >= 0.3 is 0 Å². The first-order valence-corrected chi connectivity index (χ1v) is 10.8. The topological polar surface area (TPSA) is 97.8 Å². The number of thiazole rings is 1. The van der Waals surface area contributed by atoms with Crippen molar-refractivity contribution in [1.82, 2.24) is 4.98 Å². The monoisotopic (exact) mass is 433 g/mol. The van der Waals surface area contributed by atoms with Gasteiger partial charge in [-0.15, -0.1) is 11.3 Å². The van der Waals surface area contributed by atoms with Gasteiger partial charge in [-0.2, -0.15) is 0 Å². The first-order chi connectivity index (χ1) is 14.0. The lowest BCUT2D eigenvalue weighted by Crippen LogP contribution is -2.38. The van der Waals surface area contributed by atoms with E-state index in [2.05, 4.69) is 10.3 Å². The fourth-order valence-electron chi connectivity index (χ4n) is 2.54. The number of amides is 1. The molecule has 1 N–H and O–H groups in total. The van der Waals surface area contributed by atoms with Gasteiger partial charge in [0.05, 0.1) is 24.8 Å². The molecule has 0 bridgehead atoms. The predicted octanol–water partition coefficient (Wildman–Crippen LogP) is 2.99. The summed E-state index contributed by atoms with van der Waals surface area (Å²) >= 11 is 1.13. The number of carbonyl (C=O) groups is 1. The molecule has 2 aromatic carbocycles. The summed E-state index contributed by atoms with van der Waals surface area (Å²) in [5, 5.41) is 4.53. The van der Waals surface area contributed by atoms with Gasteiger partial charge in [0.15, 0.2) is 5.13 Å².